The molecule has 0 N–H and O–H groups in total. The van der Waals surface area contributed by atoms with Crippen LogP contribution < -0.4 is 5.56 Å². The Labute approximate surface area is 133 Å². The molecule has 0 atom stereocenters. The predicted molar refractivity (Wildman–Crippen MR) is 86.2 cm³/mol. The molecule has 0 bridgehead atoms. The van der Waals surface area contributed by atoms with Gasteiger partial charge in [0.25, 0.3) is 11.4 Å². The quantitative estimate of drug-likeness (QED) is 0.724. The van der Waals surface area contributed by atoms with Gasteiger partial charge in [0.2, 0.25) is 0 Å². The summed E-state index contributed by atoms with van der Waals surface area (Å²) < 4.78 is 6.94. The van der Waals surface area contributed by atoms with E-state index >= 15 is 0 Å². The van der Waals surface area contributed by atoms with Crippen molar-refractivity contribution in [2.45, 2.75) is 45.1 Å². The van der Waals surface area contributed by atoms with E-state index in [2.05, 4.69) is 22.2 Å². The SMILES string of the molecule is CCCCn1nc(-c2nc(C3CC3)no2)c2ccccc2c1=O. The Balaban J connectivity index is 1.89. The van der Waals surface area contributed by atoms with Gasteiger partial charge in [-0.15, -0.1) is 0 Å². The molecular weight excluding hydrogens is 292 g/mol. The highest BCUT2D eigenvalue weighted by Gasteiger charge is 2.29. The number of hydrogen-bond acceptors (Lipinski definition) is 5. The van der Waals surface area contributed by atoms with Gasteiger partial charge in [-0.1, -0.05) is 36.7 Å². The summed E-state index contributed by atoms with van der Waals surface area (Å²) in [5.41, 5.74) is 0.524. The first kappa shape index (κ1) is 14.1. The molecule has 1 aliphatic rings. The number of aryl methyl sites for hydroxylation is 1. The molecule has 2 heterocycles. The number of hydrogen-bond donors (Lipinski definition) is 0. The average molecular weight is 310 g/mol. The molecule has 0 aliphatic heterocycles. The maximum absolute atomic E-state index is 12.6. The molecule has 23 heavy (non-hydrogen) atoms. The first-order chi connectivity index (χ1) is 11.3. The van der Waals surface area contributed by atoms with E-state index in [9.17, 15) is 4.79 Å². The van der Waals surface area contributed by atoms with E-state index in [0.717, 1.165) is 36.9 Å². The lowest BCUT2D eigenvalue weighted by atomic mass is 10.1. The summed E-state index contributed by atoms with van der Waals surface area (Å²) in [4.78, 5) is 17.1. The summed E-state index contributed by atoms with van der Waals surface area (Å²) in [5.74, 6) is 1.57. The molecule has 0 saturated heterocycles. The molecule has 0 spiro atoms. The van der Waals surface area contributed by atoms with Crippen molar-refractivity contribution in [2.24, 2.45) is 0 Å². The van der Waals surface area contributed by atoms with Gasteiger partial charge in [-0.2, -0.15) is 10.1 Å². The Morgan fingerprint density at radius 3 is 2.78 bits per heavy atom. The van der Waals surface area contributed by atoms with Crippen molar-refractivity contribution in [3.05, 3.63) is 40.4 Å². The first-order valence-electron chi connectivity index (χ1n) is 8.11. The number of benzene rings is 1. The zero-order chi connectivity index (χ0) is 15.8. The Kier molecular flexibility index (Phi) is 3.44. The Morgan fingerprint density at radius 1 is 1.26 bits per heavy atom. The molecule has 4 rings (SSSR count). The molecule has 6 heteroatoms. The number of rotatable bonds is 5. The minimum Gasteiger partial charge on any atom is -0.332 e. The lowest BCUT2D eigenvalue weighted by molar-refractivity contribution is 0.419. The Hall–Kier alpha value is -2.50. The molecule has 1 saturated carbocycles. The molecule has 0 unspecified atom stereocenters. The molecule has 1 aliphatic carbocycles. The highest BCUT2D eigenvalue weighted by molar-refractivity contribution is 5.91. The topological polar surface area (TPSA) is 73.8 Å². The summed E-state index contributed by atoms with van der Waals surface area (Å²) in [6, 6.07) is 7.45. The summed E-state index contributed by atoms with van der Waals surface area (Å²) in [6.07, 6.45) is 4.14. The molecule has 3 aromatic rings. The maximum atomic E-state index is 12.6. The minimum absolute atomic E-state index is 0.0697. The zero-order valence-electron chi connectivity index (χ0n) is 13.0. The van der Waals surface area contributed by atoms with Crippen molar-refractivity contribution in [3.8, 4) is 11.6 Å². The van der Waals surface area contributed by atoms with Gasteiger partial charge in [0.15, 0.2) is 11.5 Å². The van der Waals surface area contributed by atoms with Crippen molar-refractivity contribution in [1.82, 2.24) is 19.9 Å². The highest BCUT2D eigenvalue weighted by Crippen LogP contribution is 2.39. The fraction of sp³-hybridized carbons (Fsp3) is 0.412. The van der Waals surface area contributed by atoms with Crippen LogP contribution in [-0.4, -0.2) is 19.9 Å². The minimum atomic E-state index is -0.0697. The summed E-state index contributed by atoms with van der Waals surface area (Å²) in [7, 11) is 0. The van der Waals surface area contributed by atoms with E-state index in [1.807, 2.05) is 24.3 Å². The van der Waals surface area contributed by atoms with Gasteiger partial charge in [0.05, 0.1) is 5.39 Å². The first-order valence-corrected chi connectivity index (χ1v) is 8.11. The molecule has 0 radical (unpaired) electrons. The second-order valence-corrected chi connectivity index (χ2v) is 6.01. The van der Waals surface area contributed by atoms with Gasteiger partial charge in [-0.05, 0) is 25.3 Å². The molecule has 0 amide bonds. The van der Waals surface area contributed by atoms with Crippen LogP contribution in [0.4, 0.5) is 0 Å². The normalized spacial score (nSPS) is 14.5. The van der Waals surface area contributed by atoms with Crippen molar-refractivity contribution >= 4 is 10.8 Å². The third kappa shape index (κ3) is 2.54. The monoisotopic (exact) mass is 310 g/mol. The number of aromatic nitrogens is 4. The van der Waals surface area contributed by atoms with Gasteiger partial charge in [-0.25, -0.2) is 4.68 Å². The van der Waals surface area contributed by atoms with Gasteiger partial charge >= 0.3 is 0 Å². The van der Waals surface area contributed by atoms with E-state index in [1.165, 1.54) is 4.68 Å². The van der Waals surface area contributed by atoms with Gasteiger partial charge in [0.1, 0.15) is 0 Å². The van der Waals surface area contributed by atoms with E-state index < -0.39 is 0 Å². The van der Waals surface area contributed by atoms with Crippen LogP contribution in [-0.2, 0) is 6.54 Å². The van der Waals surface area contributed by atoms with Crippen molar-refractivity contribution < 1.29 is 4.52 Å². The van der Waals surface area contributed by atoms with Crippen LogP contribution in [0.2, 0.25) is 0 Å². The van der Waals surface area contributed by atoms with Crippen LogP contribution in [0.5, 0.6) is 0 Å². The largest absolute Gasteiger partial charge is 0.332 e. The van der Waals surface area contributed by atoms with Crippen LogP contribution in [0.25, 0.3) is 22.4 Å². The van der Waals surface area contributed by atoms with Crippen LogP contribution in [0.1, 0.15) is 44.3 Å². The Morgan fingerprint density at radius 2 is 2.04 bits per heavy atom. The number of nitrogens with zero attached hydrogens (tertiary/aromatic N) is 4. The van der Waals surface area contributed by atoms with E-state index in [0.29, 0.717) is 29.4 Å². The van der Waals surface area contributed by atoms with Gasteiger partial charge in [-0.3, -0.25) is 4.79 Å². The van der Waals surface area contributed by atoms with E-state index in [4.69, 9.17) is 4.52 Å². The van der Waals surface area contributed by atoms with Crippen molar-refractivity contribution in [2.75, 3.05) is 0 Å². The van der Waals surface area contributed by atoms with Crippen molar-refractivity contribution in [1.29, 1.82) is 0 Å². The molecule has 2 aromatic heterocycles. The third-order valence-electron chi connectivity index (χ3n) is 4.18. The Bertz CT molecular complexity index is 908. The standard InChI is InChI=1S/C17H18N4O2/c1-2-3-10-21-17(22)13-7-5-4-6-12(13)14(19-21)16-18-15(20-23-16)11-8-9-11/h4-7,11H,2-3,8-10H2,1H3. The summed E-state index contributed by atoms with van der Waals surface area (Å²) in [6.45, 7) is 2.68. The average Bonchev–Trinajstić information content (AvgIpc) is 3.32. The van der Waals surface area contributed by atoms with Crippen LogP contribution >= 0.6 is 0 Å². The molecule has 1 fully saturated rings. The molecule has 6 nitrogen and oxygen atoms in total. The highest BCUT2D eigenvalue weighted by atomic mass is 16.5. The lowest BCUT2D eigenvalue weighted by Crippen LogP contribution is -2.24. The van der Waals surface area contributed by atoms with Crippen molar-refractivity contribution in [3.63, 3.8) is 0 Å². The van der Waals surface area contributed by atoms with Crippen LogP contribution in [0, 0.1) is 0 Å². The zero-order valence-corrected chi connectivity index (χ0v) is 13.0. The third-order valence-corrected chi connectivity index (χ3v) is 4.18. The summed E-state index contributed by atoms with van der Waals surface area (Å²) in [5, 5.41) is 9.97. The maximum Gasteiger partial charge on any atom is 0.279 e. The fourth-order valence-corrected chi connectivity index (χ4v) is 2.69. The molecular formula is C17H18N4O2. The van der Waals surface area contributed by atoms with E-state index in [1.54, 1.807) is 0 Å². The summed E-state index contributed by atoms with van der Waals surface area (Å²) >= 11 is 0. The van der Waals surface area contributed by atoms with Gasteiger partial charge < -0.3 is 4.52 Å². The predicted octanol–water partition coefficient (Wildman–Crippen LogP) is 3.12. The molecule has 1 aromatic carbocycles. The molecule has 118 valence electrons. The smallest absolute Gasteiger partial charge is 0.279 e. The van der Waals surface area contributed by atoms with Gasteiger partial charge in [0, 0.05) is 17.8 Å². The number of fused-ring (bicyclic) bond motifs is 1. The lowest BCUT2D eigenvalue weighted by Gasteiger charge is -2.08. The van der Waals surface area contributed by atoms with E-state index in [-0.39, 0.29) is 5.56 Å². The second-order valence-electron chi connectivity index (χ2n) is 6.01. The van der Waals surface area contributed by atoms with Crippen LogP contribution in [0.15, 0.2) is 33.6 Å². The van der Waals surface area contributed by atoms with Crippen LogP contribution in [0.3, 0.4) is 0 Å². The second kappa shape index (κ2) is 5.61. The fourth-order valence-electron chi connectivity index (χ4n) is 2.69. The number of unbranched alkanes of at least 4 members (excludes halogenated alkanes) is 1.